The molecular formula is C65H108O14. The van der Waals surface area contributed by atoms with Crippen LogP contribution in [0.5, 0.6) is 0 Å². The van der Waals surface area contributed by atoms with Crippen molar-refractivity contribution in [2.24, 2.45) is 0 Å². The van der Waals surface area contributed by atoms with Crippen molar-refractivity contribution in [1.82, 2.24) is 0 Å². The van der Waals surface area contributed by atoms with Gasteiger partial charge in [0.05, 0.1) is 26.4 Å². The van der Waals surface area contributed by atoms with Crippen LogP contribution in [0.2, 0.25) is 0 Å². The molecule has 79 heavy (non-hydrogen) atoms. The summed E-state index contributed by atoms with van der Waals surface area (Å²) in [6.45, 7) is 3.41. The third-order valence-electron chi connectivity index (χ3n) is 13.8. The van der Waals surface area contributed by atoms with Crippen LogP contribution in [0.3, 0.4) is 0 Å². The first-order valence-electron chi connectivity index (χ1n) is 30.5. The first-order valence-corrected chi connectivity index (χ1v) is 30.5. The Morgan fingerprint density at radius 1 is 0.418 bits per heavy atom. The van der Waals surface area contributed by atoms with Gasteiger partial charge >= 0.3 is 5.97 Å². The predicted molar refractivity (Wildman–Crippen MR) is 316 cm³/mol. The van der Waals surface area contributed by atoms with Crippen molar-refractivity contribution in [3.05, 3.63) is 109 Å². The molecule has 2 heterocycles. The molecule has 0 bridgehead atoms. The molecule has 11 atom stereocenters. The Labute approximate surface area is 476 Å². The minimum atomic E-state index is -1.72. The highest BCUT2D eigenvalue weighted by atomic mass is 16.7. The summed E-state index contributed by atoms with van der Waals surface area (Å²) in [5, 5.41) is 72.5. The number of hydrogen-bond acceptors (Lipinski definition) is 14. The first-order chi connectivity index (χ1) is 38.6. The van der Waals surface area contributed by atoms with Gasteiger partial charge in [-0.15, -0.1) is 0 Å². The normalized spacial score (nSPS) is 24.8. The number of carbonyl (C=O) groups is 1. The summed E-state index contributed by atoms with van der Waals surface area (Å²) in [6, 6.07) is 0. The lowest BCUT2D eigenvalue weighted by Crippen LogP contribution is -2.61. The molecule has 2 aliphatic heterocycles. The molecule has 0 aromatic carbocycles. The fourth-order valence-electron chi connectivity index (χ4n) is 8.95. The largest absolute Gasteiger partial charge is 0.457 e. The molecule has 2 aliphatic rings. The third kappa shape index (κ3) is 36.7. The van der Waals surface area contributed by atoms with Crippen LogP contribution in [-0.2, 0) is 33.2 Å². The Balaban J connectivity index is 1.71. The zero-order valence-electron chi connectivity index (χ0n) is 48.6. The molecule has 11 unspecified atom stereocenters. The fraction of sp³-hybridized carbons (Fsp3) is 0.708. The molecule has 14 heteroatoms. The number of rotatable bonds is 48. The zero-order valence-corrected chi connectivity index (χ0v) is 48.6. The molecule has 0 aromatic rings. The summed E-state index contributed by atoms with van der Waals surface area (Å²) < 4.78 is 34.4. The highest BCUT2D eigenvalue weighted by Gasteiger charge is 2.47. The maximum Gasteiger partial charge on any atom is 0.306 e. The lowest BCUT2D eigenvalue weighted by atomic mass is 9.98. The van der Waals surface area contributed by atoms with Crippen molar-refractivity contribution in [2.45, 2.75) is 261 Å². The van der Waals surface area contributed by atoms with Crippen LogP contribution >= 0.6 is 0 Å². The highest BCUT2D eigenvalue weighted by molar-refractivity contribution is 5.69. The van der Waals surface area contributed by atoms with Crippen LogP contribution in [-0.4, -0.2) is 142 Å². The second-order valence-electron chi connectivity index (χ2n) is 20.8. The number of esters is 1. The molecule has 7 N–H and O–H groups in total. The van der Waals surface area contributed by atoms with E-state index in [1.807, 2.05) is 0 Å². The molecule has 14 nitrogen and oxygen atoms in total. The van der Waals surface area contributed by atoms with Crippen LogP contribution in [0.1, 0.15) is 194 Å². The van der Waals surface area contributed by atoms with Gasteiger partial charge in [-0.2, -0.15) is 0 Å². The van der Waals surface area contributed by atoms with E-state index in [1.165, 1.54) is 44.9 Å². The van der Waals surface area contributed by atoms with E-state index < -0.39 is 86.7 Å². The van der Waals surface area contributed by atoms with E-state index in [9.17, 15) is 40.5 Å². The molecule has 0 aromatic heterocycles. The van der Waals surface area contributed by atoms with Gasteiger partial charge in [-0.05, 0) is 96.3 Å². The summed E-state index contributed by atoms with van der Waals surface area (Å²) in [5.74, 6) is -0.390. The van der Waals surface area contributed by atoms with Crippen LogP contribution in [0.25, 0.3) is 0 Å². The van der Waals surface area contributed by atoms with Crippen LogP contribution < -0.4 is 0 Å². The second kappa shape index (κ2) is 50.4. The number of ether oxygens (including phenoxy) is 6. The molecular weight excluding hydrogens is 1000 g/mol. The van der Waals surface area contributed by atoms with E-state index in [1.54, 1.807) is 0 Å². The van der Waals surface area contributed by atoms with Gasteiger partial charge in [-0.25, -0.2) is 0 Å². The SMILES string of the molecule is CC/C=C\C/C=C\C/C=C\C/C=C\C/C=C\CCCCCCCCOCC(COC1OC(COC2OC(CO)C(O)C(O)C2O)C(O)C(O)C1O)OC(=O)CCCCCCCCCCCC/C=C\C/C=C\C/C=C\C/C=C\CC. The quantitative estimate of drug-likeness (QED) is 0.0172. The van der Waals surface area contributed by atoms with Crippen molar-refractivity contribution in [1.29, 1.82) is 0 Å². The number of hydrogen-bond donors (Lipinski definition) is 7. The minimum Gasteiger partial charge on any atom is -0.457 e. The van der Waals surface area contributed by atoms with E-state index in [0.29, 0.717) is 13.0 Å². The Kier molecular flexibility index (Phi) is 45.8. The number of unbranched alkanes of at least 4 members (excludes halogenated alkanes) is 16. The minimum absolute atomic E-state index is 0.0427. The average Bonchev–Trinajstić information content (AvgIpc) is 3.46. The lowest BCUT2D eigenvalue weighted by Gasteiger charge is -2.42. The highest BCUT2D eigenvalue weighted by Crippen LogP contribution is 2.26. The average molecular weight is 1110 g/mol. The van der Waals surface area contributed by atoms with Crippen molar-refractivity contribution in [2.75, 3.05) is 33.0 Å². The topological polar surface area (TPSA) is 214 Å². The zero-order chi connectivity index (χ0) is 57.2. The van der Waals surface area contributed by atoms with Crippen LogP contribution in [0.4, 0.5) is 0 Å². The van der Waals surface area contributed by atoms with Crippen molar-refractivity contribution in [3.8, 4) is 0 Å². The maximum atomic E-state index is 13.1. The van der Waals surface area contributed by atoms with Gasteiger partial charge in [0, 0.05) is 13.0 Å². The number of carbonyl (C=O) groups excluding carboxylic acids is 1. The van der Waals surface area contributed by atoms with E-state index in [2.05, 4.69) is 123 Å². The summed E-state index contributed by atoms with van der Waals surface area (Å²) in [7, 11) is 0. The number of aliphatic hydroxyl groups excluding tert-OH is 7. The molecule has 2 fully saturated rings. The lowest BCUT2D eigenvalue weighted by molar-refractivity contribution is -0.332. The van der Waals surface area contributed by atoms with E-state index >= 15 is 0 Å². The van der Waals surface area contributed by atoms with Crippen LogP contribution in [0, 0.1) is 0 Å². The smallest absolute Gasteiger partial charge is 0.306 e. The van der Waals surface area contributed by atoms with E-state index in [0.717, 1.165) is 122 Å². The Morgan fingerprint density at radius 3 is 1.23 bits per heavy atom. The van der Waals surface area contributed by atoms with Gasteiger partial charge in [0.2, 0.25) is 0 Å². The van der Waals surface area contributed by atoms with Gasteiger partial charge in [-0.1, -0.05) is 200 Å². The van der Waals surface area contributed by atoms with E-state index in [4.69, 9.17) is 28.4 Å². The van der Waals surface area contributed by atoms with Crippen molar-refractivity contribution < 1.29 is 69.0 Å². The molecule has 0 amide bonds. The molecule has 452 valence electrons. The monoisotopic (exact) mass is 1110 g/mol. The second-order valence-corrected chi connectivity index (χ2v) is 20.8. The summed E-state index contributed by atoms with van der Waals surface area (Å²) in [6.07, 6.45) is 52.8. The molecule has 0 radical (unpaired) electrons. The predicted octanol–water partition coefficient (Wildman–Crippen LogP) is 11.5. The van der Waals surface area contributed by atoms with Gasteiger partial charge < -0.3 is 64.2 Å². The summed E-state index contributed by atoms with van der Waals surface area (Å²) in [4.78, 5) is 13.1. The fourth-order valence-corrected chi connectivity index (χ4v) is 8.95. The number of aliphatic hydroxyl groups is 7. The Hall–Kier alpha value is -3.35. The summed E-state index contributed by atoms with van der Waals surface area (Å²) in [5.41, 5.74) is 0. The van der Waals surface area contributed by atoms with Gasteiger partial charge in [-0.3, -0.25) is 4.79 Å². The van der Waals surface area contributed by atoms with Crippen molar-refractivity contribution in [3.63, 3.8) is 0 Å². The van der Waals surface area contributed by atoms with Gasteiger partial charge in [0.15, 0.2) is 12.6 Å². The Morgan fingerprint density at radius 2 is 0.785 bits per heavy atom. The Bertz CT molecular complexity index is 1720. The number of allylic oxidation sites excluding steroid dienone is 18. The third-order valence-corrected chi connectivity index (χ3v) is 13.8. The molecule has 0 aliphatic carbocycles. The molecule has 2 saturated heterocycles. The van der Waals surface area contributed by atoms with Crippen molar-refractivity contribution >= 4 is 5.97 Å². The molecule has 2 rings (SSSR count). The summed E-state index contributed by atoms with van der Waals surface area (Å²) >= 11 is 0. The standard InChI is InChI=1S/C65H108O14/c1-3-5-7-9-11-13-15-17-19-21-23-25-27-28-30-32-34-36-38-40-42-44-46-48-57(67)77-54(51-74-49-47-45-43-41-39-37-35-33-31-29-26-24-22-20-18-16-14-12-10-8-6-4-2)52-75-64-63(73)61(71)59(69)56(79-64)53-76-65-62(72)60(70)58(68)55(50-66)78-65/h5-8,11-14,17-20,23-26,31,33,54-56,58-66,68-73H,3-4,9-10,15-16,21-22,27-30,32,34-53H2,1-2H3/b7-5-,8-6-,13-11-,14-12-,19-17-,20-18-,25-23-,26-24-,33-31-. The maximum absolute atomic E-state index is 13.1. The van der Waals surface area contributed by atoms with Gasteiger partial charge in [0.25, 0.3) is 0 Å². The first kappa shape index (κ1) is 71.8. The van der Waals surface area contributed by atoms with Gasteiger partial charge in [0.1, 0.15) is 54.9 Å². The van der Waals surface area contributed by atoms with Crippen LogP contribution in [0.15, 0.2) is 109 Å². The van der Waals surface area contributed by atoms with E-state index in [-0.39, 0.29) is 19.6 Å². The molecule has 0 saturated carbocycles. The molecule has 0 spiro atoms.